The summed E-state index contributed by atoms with van der Waals surface area (Å²) in [6, 6.07) is 0.577. The maximum atomic E-state index is 11.8. The summed E-state index contributed by atoms with van der Waals surface area (Å²) >= 11 is 0. The average molecular weight is 269 g/mol. The Bertz CT molecular complexity index is 260. The minimum absolute atomic E-state index is 0.105. The third kappa shape index (κ3) is 6.39. The molecule has 1 saturated carbocycles. The van der Waals surface area contributed by atoms with Gasteiger partial charge in [-0.2, -0.15) is 0 Å². The van der Waals surface area contributed by atoms with Gasteiger partial charge in [0, 0.05) is 25.0 Å². The lowest BCUT2D eigenvalue weighted by Gasteiger charge is -2.35. The summed E-state index contributed by atoms with van der Waals surface area (Å²) < 4.78 is 0. The first-order valence-electron chi connectivity index (χ1n) is 7.69. The number of rotatable bonds is 7. The Labute approximate surface area is 118 Å². The van der Waals surface area contributed by atoms with E-state index in [2.05, 4.69) is 24.3 Å². The van der Waals surface area contributed by atoms with Crippen LogP contribution in [0.15, 0.2) is 0 Å². The van der Waals surface area contributed by atoms with E-state index < -0.39 is 0 Å². The summed E-state index contributed by atoms with van der Waals surface area (Å²) in [5.41, 5.74) is 5.67. The Morgan fingerprint density at radius 1 is 1.32 bits per heavy atom. The summed E-state index contributed by atoms with van der Waals surface area (Å²) in [4.78, 5) is 14.0. The summed E-state index contributed by atoms with van der Waals surface area (Å²) in [6.07, 6.45) is 7.97. The lowest BCUT2D eigenvalue weighted by Crippen LogP contribution is -2.45. The minimum Gasteiger partial charge on any atom is -0.355 e. The molecule has 0 aromatic heterocycles. The topological polar surface area (TPSA) is 58.4 Å². The molecule has 2 atom stereocenters. The zero-order valence-electron chi connectivity index (χ0n) is 12.8. The maximum absolute atomic E-state index is 11.8. The molecule has 3 N–H and O–H groups in total. The number of amides is 1. The van der Waals surface area contributed by atoms with Gasteiger partial charge >= 0.3 is 0 Å². The molecule has 0 aromatic rings. The van der Waals surface area contributed by atoms with Gasteiger partial charge in [0.05, 0.1) is 0 Å². The Hall–Kier alpha value is -0.610. The van der Waals surface area contributed by atoms with Gasteiger partial charge in [0.1, 0.15) is 0 Å². The van der Waals surface area contributed by atoms with Crippen molar-refractivity contribution in [3.8, 4) is 0 Å². The number of nitrogens with two attached hydrogens (primary N) is 1. The van der Waals surface area contributed by atoms with Crippen LogP contribution in [0.25, 0.3) is 0 Å². The zero-order valence-corrected chi connectivity index (χ0v) is 12.8. The first kappa shape index (κ1) is 16.4. The molecule has 1 aliphatic rings. The third-order valence-corrected chi connectivity index (χ3v) is 4.19. The van der Waals surface area contributed by atoms with Gasteiger partial charge in [-0.05, 0) is 46.2 Å². The molecule has 1 amide bonds. The van der Waals surface area contributed by atoms with Gasteiger partial charge in [-0.25, -0.2) is 0 Å². The lowest BCUT2D eigenvalue weighted by atomic mass is 9.83. The average Bonchev–Trinajstić information content (AvgIpc) is 2.37. The van der Waals surface area contributed by atoms with Crippen LogP contribution in [0.5, 0.6) is 0 Å². The number of hydrogen-bond acceptors (Lipinski definition) is 3. The fourth-order valence-corrected chi connectivity index (χ4v) is 2.96. The predicted molar refractivity (Wildman–Crippen MR) is 79.9 cm³/mol. The molecule has 19 heavy (non-hydrogen) atoms. The van der Waals surface area contributed by atoms with Gasteiger partial charge in [0.2, 0.25) is 5.91 Å². The van der Waals surface area contributed by atoms with Crippen LogP contribution in [0.2, 0.25) is 0 Å². The van der Waals surface area contributed by atoms with Gasteiger partial charge in [0.15, 0.2) is 0 Å². The number of carbonyl (C=O) groups is 1. The standard InChI is InChI=1S/C15H31N3O/c1-12(16)9-10-15(19)17-11-14(18(2)3)13-7-5-4-6-8-13/h12-14H,4-11,16H2,1-3H3,(H,17,19). The van der Waals surface area contributed by atoms with E-state index in [1.807, 2.05) is 6.92 Å². The molecule has 0 aromatic carbocycles. The van der Waals surface area contributed by atoms with Crippen LogP contribution in [-0.2, 0) is 4.79 Å². The largest absolute Gasteiger partial charge is 0.355 e. The van der Waals surface area contributed by atoms with E-state index in [1.165, 1.54) is 32.1 Å². The first-order chi connectivity index (χ1) is 9.00. The molecule has 112 valence electrons. The Kier molecular flexibility index (Phi) is 7.39. The fourth-order valence-electron chi connectivity index (χ4n) is 2.96. The summed E-state index contributed by atoms with van der Waals surface area (Å²) in [6.45, 7) is 2.72. The molecule has 1 aliphatic carbocycles. The number of nitrogens with zero attached hydrogens (tertiary/aromatic N) is 1. The predicted octanol–water partition coefficient (Wildman–Crippen LogP) is 1.74. The molecule has 2 unspecified atom stereocenters. The van der Waals surface area contributed by atoms with Crippen LogP contribution in [0.1, 0.15) is 51.9 Å². The molecule has 0 saturated heterocycles. The van der Waals surface area contributed by atoms with Gasteiger partial charge in [-0.3, -0.25) is 4.79 Å². The van der Waals surface area contributed by atoms with Crippen LogP contribution in [0.3, 0.4) is 0 Å². The second-order valence-electron chi connectivity index (χ2n) is 6.25. The first-order valence-corrected chi connectivity index (χ1v) is 7.69. The number of nitrogens with one attached hydrogen (secondary N) is 1. The monoisotopic (exact) mass is 269 g/mol. The highest BCUT2D eigenvalue weighted by Crippen LogP contribution is 2.28. The van der Waals surface area contributed by atoms with Crippen molar-refractivity contribution >= 4 is 5.91 Å². The highest BCUT2D eigenvalue weighted by atomic mass is 16.1. The smallest absolute Gasteiger partial charge is 0.220 e. The molecular weight excluding hydrogens is 238 g/mol. The van der Waals surface area contributed by atoms with Crippen molar-refractivity contribution in [2.75, 3.05) is 20.6 Å². The van der Waals surface area contributed by atoms with Gasteiger partial charge in [-0.15, -0.1) is 0 Å². The zero-order chi connectivity index (χ0) is 14.3. The quantitative estimate of drug-likeness (QED) is 0.740. The Morgan fingerprint density at radius 3 is 2.47 bits per heavy atom. The van der Waals surface area contributed by atoms with E-state index in [0.717, 1.165) is 18.9 Å². The van der Waals surface area contributed by atoms with Crippen LogP contribution in [-0.4, -0.2) is 43.5 Å². The summed E-state index contributed by atoms with van der Waals surface area (Å²) in [5, 5.41) is 3.08. The third-order valence-electron chi connectivity index (χ3n) is 4.19. The van der Waals surface area contributed by atoms with Crippen LogP contribution < -0.4 is 11.1 Å². The van der Waals surface area contributed by atoms with Crippen LogP contribution >= 0.6 is 0 Å². The van der Waals surface area contributed by atoms with E-state index in [0.29, 0.717) is 12.5 Å². The molecule has 0 radical (unpaired) electrons. The molecule has 4 nitrogen and oxygen atoms in total. The molecular formula is C15H31N3O. The van der Waals surface area contributed by atoms with E-state index in [1.54, 1.807) is 0 Å². The van der Waals surface area contributed by atoms with Crippen molar-refractivity contribution in [1.29, 1.82) is 0 Å². The molecule has 0 aliphatic heterocycles. The van der Waals surface area contributed by atoms with Crippen molar-refractivity contribution in [2.45, 2.75) is 64.0 Å². The Balaban J connectivity index is 2.34. The van der Waals surface area contributed by atoms with E-state index >= 15 is 0 Å². The van der Waals surface area contributed by atoms with Crippen molar-refractivity contribution in [1.82, 2.24) is 10.2 Å². The highest BCUT2D eigenvalue weighted by Gasteiger charge is 2.25. The Morgan fingerprint density at radius 2 is 1.95 bits per heavy atom. The lowest BCUT2D eigenvalue weighted by molar-refractivity contribution is -0.121. The van der Waals surface area contributed by atoms with Gasteiger partial charge < -0.3 is 16.0 Å². The van der Waals surface area contributed by atoms with Crippen LogP contribution in [0.4, 0.5) is 0 Å². The molecule has 1 rings (SSSR count). The van der Waals surface area contributed by atoms with Crippen molar-refractivity contribution in [2.24, 2.45) is 11.7 Å². The maximum Gasteiger partial charge on any atom is 0.220 e. The van der Waals surface area contributed by atoms with E-state index in [-0.39, 0.29) is 11.9 Å². The normalized spacial score (nSPS) is 20.3. The highest BCUT2D eigenvalue weighted by molar-refractivity contribution is 5.75. The van der Waals surface area contributed by atoms with Crippen molar-refractivity contribution < 1.29 is 4.79 Å². The molecule has 0 bridgehead atoms. The number of likely N-dealkylation sites (N-methyl/N-ethyl adjacent to an activating group) is 1. The molecule has 0 spiro atoms. The van der Waals surface area contributed by atoms with E-state index in [4.69, 9.17) is 5.73 Å². The fraction of sp³-hybridized carbons (Fsp3) is 0.933. The van der Waals surface area contributed by atoms with Gasteiger partial charge in [0.25, 0.3) is 0 Å². The number of hydrogen-bond donors (Lipinski definition) is 2. The van der Waals surface area contributed by atoms with Crippen molar-refractivity contribution in [3.63, 3.8) is 0 Å². The SMILES string of the molecule is CC(N)CCC(=O)NCC(C1CCCCC1)N(C)C. The molecule has 4 heteroatoms. The number of carbonyl (C=O) groups excluding carboxylic acids is 1. The molecule has 1 fully saturated rings. The van der Waals surface area contributed by atoms with Crippen LogP contribution in [0, 0.1) is 5.92 Å². The second-order valence-corrected chi connectivity index (χ2v) is 6.25. The molecule has 0 heterocycles. The summed E-state index contributed by atoms with van der Waals surface area (Å²) in [7, 11) is 4.24. The minimum atomic E-state index is 0.105. The second kappa shape index (κ2) is 8.54. The summed E-state index contributed by atoms with van der Waals surface area (Å²) in [5.74, 6) is 0.873. The van der Waals surface area contributed by atoms with Gasteiger partial charge in [-0.1, -0.05) is 19.3 Å². The van der Waals surface area contributed by atoms with Crippen molar-refractivity contribution in [3.05, 3.63) is 0 Å². The van der Waals surface area contributed by atoms with E-state index in [9.17, 15) is 4.79 Å².